The SMILES string of the molecule is CNC(c1cnc2ccccc2c1)c1cnn(C)c1C. The number of nitrogens with one attached hydrogen (secondary N) is 1. The van der Waals surface area contributed by atoms with Gasteiger partial charge < -0.3 is 5.32 Å². The zero-order valence-corrected chi connectivity index (χ0v) is 12.0. The fraction of sp³-hybridized carbons (Fsp3) is 0.250. The Balaban J connectivity index is 2.09. The fourth-order valence-corrected chi connectivity index (χ4v) is 2.55. The van der Waals surface area contributed by atoms with Crippen molar-refractivity contribution in [1.29, 1.82) is 0 Å². The lowest BCUT2D eigenvalue weighted by Gasteiger charge is -2.16. The predicted molar refractivity (Wildman–Crippen MR) is 80.6 cm³/mol. The van der Waals surface area contributed by atoms with Gasteiger partial charge >= 0.3 is 0 Å². The van der Waals surface area contributed by atoms with Crippen LogP contribution in [0.25, 0.3) is 10.9 Å². The van der Waals surface area contributed by atoms with Gasteiger partial charge in [0.1, 0.15) is 0 Å². The Morgan fingerprint density at radius 3 is 2.70 bits per heavy atom. The van der Waals surface area contributed by atoms with Crippen LogP contribution < -0.4 is 5.32 Å². The summed E-state index contributed by atoms with van der Waals surface area (Å²) in [5, 5.41) is 8.85. The predicted octanol–water partition coefficient (Wildman–Crippen LogP) is 2.59. The van der Waals surface area contributed by atoms with E-state index in [4.69, 9.17) is 0 Å². The van der Waals surface area contributed by atoms with Crippen LogP contribution in [0.4, 0.5) is 0 Å². The molecule has 20 heavy (non-hydrogen) atoms. The first kappa shape index (κ1) is 12.8. The molecule has 0 fully saturated rings. The number of aromatic nitrogens is 3. The van der Waals surface area contributed by atoms with Crippen molar-refractivity contribution >= 4 is 10.9 Å². The van der Waals surface area contributed by atoms with Crippen molar-refractivity contribution in [3.63, 3.8) is 0 Å². The molecule has 0 amide bonds. The second-order valence-electron chi connectivity index (χ2n) is 4.99. The van der Waals surface area contributed by atoms with E-state index in [0.29, 0.717) is 0 Å². The van der Waals surface area contributed by atoms with Gasteiger partial charge in [-0.15, -0.1) is 0 Å². The monoisotopic (exact) mass is 266 g/mol. The van der Waals surface area contributed by atoms with Gasteiger partial charge in [0, 0.05) is 29.9 Å². The molecule has 2 heterocycles. The first-order valence-corrected chi connectivity index (χ1v) is 6.71. The number of fused-ring (bicyclic) bond motifs is 1. The zero-order valence-electron chi connectivity index (χ0n) is 12.0. The second-order valence-corrected chi connectivity index (χ2v) is 4.99. The highest BCUT2D eigenvalue weighted by molar-refractivity contribution is 5.79. The Morgan fingerprint density at radius 2 is 2.00 bits per heavy atom. The summed E-state index contributed by atoms with van der Waals surface area (Å²) in [6.07, 6.45) is 3.86. The maximum Gasteiger partial charge on any atom is 0.0702 e. The van der Waals surface area contributed by atoms with Crippen LogP contribution in [0, 0.1) is 6.92 Å². The van der Waals surface area contributed by atoms with Gasteiger partial charge in [0.15, 0.2) is 0 Å². The molecule has 1 aromatic carbocycles. The lowest BCUT2D eigenvalue weighted by Crippen LogP contribution is -2.18. The van der Waals surface area contributed by atoms with E-state index in [2.05, 4.69) is 34.5 Å². The average Bonchev–Trinajstić information content (AvgIpc) is 2.80. The van der Waals surface area contributed by atoms with E-state index in [9.17, 15) is 0 Å². The lowest BCUT2D eigenvalue weighted by molar-refractivity contribution is 0.678. The molecule has 0 bridgehead atoms. The first-order valence-electron chi connectivity index (χ1n) is 6.71. The lowest BCUT2D eigenvalue weighted by atomic mass is 10.00. The summed E-state index contributed by atoms with van der Waals surface area (Å²) < 4.78 is 1.90. The van der Waals surface area contributed by atoms with Crippen LogP contribution in [0.2, 0.25) is 0 Å². The normalized spacial score (nSPS) is 12.8. The molecule has 2 aromatic heterocycles. The minimum absolute atomic E-state index is 0.112. The zero-order chi connectivity index (χ0) is 14.1. The number of benzene rings is 1. The van der Waals surface area contributed by atoms with Crippen molar-refractivity contribution in [3.05, 3.63) is 59.5 Å². The van der Waals surface area contributed by atoms with Crippen LogP contribution in [0.3, 0.4) is 0 Å². The average molecular weight is 266 g/mol. The number of para-hydroxylation sites is 1. The van der Waals surface area contributed by atoms with Crippen molar-refractivity contribution in [2.24, 2.45) is 7.05 Å². The standard InChI is InChI=1S/C16H18N4/c1-11-14(10-19-20(11)3)16(17-2)13-8-12-6-4-5-7-15(12)18-9-13/h4-10,16-17H,1-3H3. The Morgan fingerprint density at radius 1 is 1.20 bits per heavy atom. The molecule has 0 aliphatic heterocycles. The molecule has 1 N–H and O–H groups in total. The van der Waals surface area contributed by atoms with Crippen molar-refractivity contribution in [3.8, 4) is 0 Å². The third kappa shape index (κ3) is 2.08. The Kier molecular flexibility index (Phi) is 3.24. The number of rotatable bonds is 3. The van der Waals surface area contributed by atoms with Crippen molar-refractivity contribution in [1.82, 2.24) is 20.1 Å². The van der Waals surface area contributed by atoms with Crippen molar-refractivity contribution in [2.75, 3.05) is 7.05 Å². The van der Waals surface area contributed by atoms with Crippen LogP contribution in [-0.4, -0.2) is 21.8 Å². The van der Waals surface area contributed by atoms with E-state index in [1.807, 2.05) is 49.4 Å². The highest BCUT2D eigenvalue weighted by Gasteiger charge is 2.17. The molecule has 0 spiro atoms. The number of hydrogen-bond donors (Lipinski definition) is 1. The molecule has 3 rings (SSSR count). The minimum atomic E-state index is 0.112. The molecule has 4 nitrogen and oxygen atoms in total. The molecule has 0 radical (unpaired) electrons. The van der Waals surface area contributed by atoms with Gasteiger partial charge in [-0.1, -0.05) is 18.2 Å². The van der Waals surface area contributed by atoms with Gasteiger partial charge in [0.25, 0.3) is 0 Å². The van der Waals surface area contributed by atoms with Crippen molar-refractivity contribution < 1.29 is 0 Å². The number of aryl methyl sites for hydroxylation is 1. The van der Waals surface area contributed by atoms with Crippen LogP contribution >= 0.6 is 0 Å². The molecule has 0 aliphatic carbocycles. The van der Waals surface area contributed by atoms with E-state index in [-0.39, 0.29) is 6.04 Å². The number of hydrogen-bond acceptors (Lipinski definition) is 3. The first-order chi connectivity index (χ1) is 9.70. The molecule has 1 unspecified atom stereocenters. The topological polar surface area (TPSA) is 42.7 Å². The maximum absolute atomic E-state index is 4.54. The summed E-state index contributed by atoms with van der Waals surface area (Å²) in [7, 11) is 3.93. The summed E-state index contributed by atoms with van der Waals surface area (Å²) in [4.78, 5) is 4.54. The van der Waals surface area contributed by atoms with Gasteiger partial charge in [-0.05, 0) is 31.7 Å². The maximum atomic E-state index is 4.54. The molecular weight excluding hydrogens is 248 g/mol. The molecule has 1 atom stereocenters. The molecule has 3 aromatic rings. The summed E-state index contributed by atoms with van der Waals surface area (Å²) in [5.41, 5.74) is 4.53. The van der Waals surface area contributed by atoms with Crippen LogP contribution in [0.15, 0.2) is 42.7 Å². The van der Waals surface area contributed by atoms with E-state index in [1.165, 1.54) is 5.56 Å². The molecule has 0 saturated carbocycles. The fourth-order valence-electron chi connectivity index (χ4n) is 2.55. The summed E-state index contributed by atoms with van der Waals surface area (Å²) in [5.74, 6) is 0. The van der Waals surface area contributed by atoms with E-state index in [1.54, 1.807) is 0 Å². The third-order valence-electron chi connectivity index (χ3n) is 3.82. The van der Waals surface area contributed by atoms with Crippen LogP contribution in [0.1, 0.15) is 22.9 Å². The number of nitrogens with zero attached hydrogens (tertiary/aromatic N) is 3. The van der Waals surface area contributed by atoms with Gasteiger partial charge in [0.05, 0.1) is 17.8 Å². The van der Waals surface area contributed by atoms with Crippen LogP contribution in [0.5, 0.6) is 0 Å². The molecule has 0 aliphatic rings. The highest BCUT2D eigenvalue weighted by Crippen LogP contribution is 2.25. The second kappa shape index (κ2) is 5.06. The Bertz CT molecular complexity index is 745. The molecule has 4 heteroatoms. The van der Waals surface area contributed by atoms with Gasteiger partial charge in [-0.3, -0.25) is 9.67 Å². The van der Waals surface area contributed by atoms with Gasteiger partial charge in [0.2, 0.25) is 0 Å². The van der Waals surface area contributed by atoms with E-state index >= 15 is 0 Å². The molecule has 102 valence electrons. The van der Waals surface area contributed by atoms with Gasteiger partial charge in [-0.25, -0.2) is 0 Å². The van der Waals surface area contributed by atoms with Crippen molar-refractivity contribution in [2.45, 2.75) is 13.0 Å². The smallest absolute Gasteiger partial charge is 0.0702 e. The Labute approximate surface area is 118 Å². The van der Waals surface area contributed by atoms with Gasteiger partial charge in [-0.2, -0.15) is 5.10 Å². The summed E-state index contributed by atoms with van der Waals surface area (Å²) >= 11 is 0. The largest absolute Gasteiger partial charge is 0.309 e. The van der Waals surface area contributed by atoms with E-state index in [0.717, 1.165) is 22.2 Å². The Hall–Kier alpha value is -2.20. The minimum Gasteiger partial charge on any atom is -0.309 e. The third-order valence-corrected chi connectivity index (χ3v) is 3.82. The van der Waals surface area contributed by atoms with E-state index < -0.39 is 0 Å². The molecular formula is C16H18N4. The number of pyridine rings is 1. The van der Waals surface area contributed by atoms with Crippen LogP contribution in [-0.2, 0) is 7.05 Å². The summed E-state index contributed by atoms with van der Waals surface area (Å²) in [6.45, 7) is 2.08. The highest BCUT2D eigenvalue weighted by atomic mass is 15.3. The summed E-state index contributed by atoms with van der Waals surface area (Å²) in [6, 6.07) is 10.5. The quantitative estimate of drug-likeness (QED) is 0.792. The molecule has 0 saturated heterocycles.